The van der Waals surface area contributed by atoms with E-state index in [1.165, 1.54) is 29.8 Å². The van der Waals surface area contributed by atoms with Crippen LogP contribution in [0.25, 0.3) is 16.1 Å². The minimum Gasteiger partial charge on any atom is -0.465 e. The van der Waals surface area contributed by atoms with E-state index < -0.39 is 5.97 Å². The third-order valence-electron chi connectivity index (χ3n) is 4.71. The van der Waals surface area contributed by atoms with Crippen LogP contribution in [-0.2, 0) is 4.74 Å². The molecule has 4 rings (SSSR count). The van der Waals surface area contributed by atoms with Gasteiger partial charge in [0.1, 0.15) is 16.3 Å². The van der Waals surface area contributed by atoms with Crippen LogP contribution in [0.1, 0.15) is 37.7 Å². The molecule has 0 aliphatic heterocycles. The number of ether oxygens (including phenoxy) is 1. The minimum atomic E-state index is -0.487. The van der Waals surface area contributed by atoms with E-state index in [1.54, 1.807) is 6.20 Å². The van der Waals surface area contributed by atoms with Crippen molar-refractivity contribution < 1.29 is 14.3 Å². The number of fused-ring (bicyclic) bond motifs is 1. The SMILES string of the molecule is COC(=O)c1c(-c2cc(C)ccc2C)csc1NC(=O)c1cn2c(C)csc2n1. The molecule has 0 radical (unpaired) electrons. The molecule has 0 atom stereocenters. The summed E-state index contributed by atoms with van der Waals surface area (Å²) in [7, 11) is 1.34. The molecule has 6 nitrogen and oxygen atoms in total. The maximum absolute atomic E-state index is 12.8. The molecule has 1 N–H and O–H groups in total. The summed E-state index contributed by atoms with van der Waals surface area (Å²) in [5.41, 5.74) is 5.50. The van der Waals surface area contributed by atoms with Crippen molar-refractivity contribution in [2.24, 2.45) is 0 Å². The number of carbonyl (C=O) groups excluding carboxylic acids is 2. The van der Waals surface area contributed by atoms with Gasteiger partial charge < -0.3 is 10.1 Å². The molecule has 0 unspecified atom stereocenters. The number of methoxy groups -OCH3 is 1. The number of hydrogen-bond donors (Lipinski definition) is 1. The number of benzene rings is 1. The number of esters is 1. The van der Waals surface area contributed by atoms with Gasteiger partial charge in [-0.05, 0) is 31.9 Å². The Kier molecular flexibility index (Phi) is 4.97. The summed E-state index contributed by atoms with van der Waals surface area (Å²) in [4.78, 5) is 30.5. The molecule has 0 spiro atoms. The van der Waals surface area contributed by atoms with Crippen LogP contribution in [0.2, 0.25) is 0 Å². The number of nitrogens with one attached hydrogen (secondary N) is 1. The van der Waals surface area contributed by atoms with Crippen molar-refractivity contribution in [3.8, 4) is 11.1 Å². The standard InChI is InChI=1S/C21H19N3O3S2/c1-11-5-6-12(2)14(7-11)15-10-28-19(17(15)20(26)27-4)23-18(25)16-8-24-13(3)9-29-21(24)22-16/h5-10H,1-4H3,(H,23,25). The van der Waals surface area contributed by atoms with E-state index >= 15 is 0 Å². The Labute approximate surface area is 175 Å². The van der Waals surface area contributed by atoms with Gasteiger partial charge in [-0.2, -0.15) is 0 Å². The van der Waals surface area contributed by atoms with E-state index in [-0.39, 0.29) is 5.91 Å². The van der Waals surface area contributed by atoms with Gasteiger partial charge in [-0.1, -0.05) is 23.8 Å². The molecular weight excluding hydrogens is 406 g/mol. The molecule has 148 valence electrons. The molecule has 29 heavy (non-hydrogen) atoms. The van der Waals surface area contributed by atoms with Crippen LogP contribution in [0.3, 0.4) is 0 Å². The van der Waals surface area contributed by atoms with Crippen LogP contribution in [-0.4, -0.2) is 28.4 Å². The highest BCUT2D eigenvalue weighted by molar-refractivity contribution is 7.15. The third kappa shape index (κ3) is 3.45. The number of rotatable bonds is 4. The predicted molar refractivity (Wildman–Crippen MR) is 116 cm³/mol. The highest BCUT2D eigenvalue weighted by Gasteiger charge is 2.24. The lowest BCUT2D eigenvalue weighted by molar-refractivity contribution is 0.0603. The Morgan fingerprint density at radius 3 is 2.62 bits per heavy atom. The fourth-order valence-corrected chi connectivity index (χ4v) is 4.94. The zero-order valence-corrected chi connectivity index (χ0v) is 18.0. The minimum absolute atomic E-state index is 0.303. The number of anilines is 1. The van der Waals surface area contributed by atoms with Gasteiger partial charge in [0.05, 0.1) is 7.11 Å². The van der Waals surface area contributed by atoms with Gasteiger partial charge in [0, 0.05) is 28.2 Å². The second kappa shape index (κ2) is 7.46. The van der Waals surface area contributed by atoms with Crippen molar-refractivity contribution in [3.63, 3.8) is 0 Å². The average molecular weight is 426 g/mol. The van der Waals surface area contributed by atoms with Gasteiger partial charge in [0.2, 0.25) is 0 Å². The third-order valence-corrected chi connectivity index (χ3v) is 6.57. The van der Waals surface area contributed by atoms with Gasteiger partial charge in [0.25, 0.3) is 5.91 Å². The summed E-state index contributed by atoms with van der Waals surface area (Å²) < 4.78 is 6.88. The molecule has 3 heterocycles. The van der Waals surface area contributed by atoms with Crippen molar-refractivity contribution in [2.75, 3.05) is 12.4 Å². The first-order valence-corrected chi connectivity index (χ1v) is 10.7. The smallest absolute Gasteiger partial charge is 0.341 e. The molecule has 8 heteroatoms. The van der Waals surface area contributed by atoms with Crippen molar-refractivity contribution in [1.82, 2.24) is 9.38 Å². The Morgan fingerprint density at radius 1 is 1.10 bits per heavy atom. The van der Waals surface area contributed by atoms with Crippen molar-refractivity contribution in [3.05, 3.63) is 63.2 Å². The zero-order chi connectivity index (χ0) is 20.7. The molecule has 0 bridgehead atoms. The number of amides is 1. The number of hydrogen-bond acceptors (Lipinski definition) is 6. The van der Waals surface area contributed by atoms with Gasteiger partial charge in [-0.3, -0.25) is 9.20 Å². The lowest BCUT2D eigenvalue weighted by atomic mass is 9.97. The number of aromatic nitrogens is 2. The van der Waals surface area contributed by atoms with E-state index in [2.05, 4.69) is 10.3 Å². The van der Waals surface area contributed by atoms with E-state index in [9.17, 15) is 9.59 Å². The molecule has 0 saturated heterocycles. The van der Waals surface area contributed by atoms with Gasteiger partial charge in [-0.25, -0.2) is 9.78 Å². The molecular formula is C21H19N3O3S2. The molecule has 3 aromatic heterocycles. The molecule has 0 aliphatic rings. The first-order valence-electron chi connectivity index (χ1n) is 8.91. The number of carbonyl (C=O) groups is 2. The average Bonchev–Trinajstić information content (AvgIpc) is 3.39. The van der Waals surface area contributed by atoms with E-state index in [0.717, 1.165) is 32.9 Å². The van der Waals surface area contributed by atoms with Gasteiger partial charge in [-0.15, -0.1) is 22.7 Å². The predicted octanol–water partition coefficient (Wildman–Crippen LogP) is 5.09. The molecule has 0 fully saturated rings. The summed E-state index contributed by atoms with van der Waals surface area (Å²) in [5, 5.41) is 7.15. The number of aryl methyl sites for hydroxylation is 3. The Hall–Kier alpha value is -2.97. The highest BCUT2D eigenvalue weighted by atomic mass is 32.1. The Morgan fingerprint density at radius 2 is 1.90 bits per heavy atom. The van der Waals surface area contributed by atoms with Crippen LogP contribution >= 0.6 is 22.7 Å². The molecule has 1 aromatic carbocycles. The maximum Gasteiger partial charge on any atom is 0.341 e. The summed E-state index contributed by atoms with van der Waals surface area (Å²) in [6.07, 6.45) is 1.70. The maximum atomic E-state index is 12.8. The summed E-state index contributed by atoms with van der Waals surface area (Å²) >= 11 is 2.77. The second-order valence-electron chi connectivity index (χ2n) is 6.77. The Bertz CT molecular complexity index is 1250. The number of nitrogens with zero attached hydrogens (tertiary/aromatic N) is 2. The first-order chi connectivity index (χ1) is 13.9. The molecule has 1 amide bonds. The number of thiazole rings is 1. The van der Waals surface area contributed by atoms with E-state index in [0.29, 0.717) is 16.3 Å². The number of imidazole rings is 1. The highest BCUT2D eigenvalue weighted by Crippen LogP contribution is 2.38. The number of thiophene rings is 1. The second-order valence-corrected chi connectivity index (χ2v) is 8.49. The van der Waals surface area contributed by atoms with Crippen LogP contribution in [0.5, 0.6) is 0 Å². The van der Waals surface area contributed by atoms with Crippen LogP contribution in [0.15, 0.2) is 35.2 Å². The fourth-order valence-electron chi connectivity index (χ4n) is 3.15. The summed E-state index contributed by atoms with van der Waals surface area (Å²) in [6.45, 7) is 5.95. The van der Waals surface area contributed by atoms with Crippen molar-refractivity contribution in [1.29, 1.82) is 0 Å². The van der Waals surface area contributed by atoms with Gasteiger partial charge in [0.15, 0.2) is 4.96 Å². The van der Waals surface area contributed by atoms with Crippen LogP contribution < -0.4 is 5.32 Å². The largest absolute Gasteiger partial charge is 0.465 e. The lowest BCUT2D eigenvalue weighted by Gasteiger charge is -2.10. The van der Waals surface area contributed by atoms with Crippen molar-refractivity contribution >= 4 is 44.5 Å². The molecule has 0 saturated carbocycles. The van der Waals surface area contributed by atoms with E-state index in [1.807, 2.05) is 54.1 Å². The fraction of sp³-hybridized carbons (Fsp3) is 0.190. The van der Waals surface area contributed by atoms with Crippen LogP contribution in [0.4, 0.5) is 5.00 Å². The lowest BCUT2D eigenvalue weighted by Crippen LogP contribution is -2.14. The molecule has 0 aliphatic carbocycles. The Balaban J connectivity index is 1.73. The first kappa shape index (κ1) is 19.4. The monoisotopic (exact) mass is 425 g/mol. The van der Waals surface area contributed by atoms with Gasteiger partial charge >= 0.3 is 5.97 Å². The van der Waals surface area contributed by atoms with Crippen molar-refractivity contribution in [2.45, 2.75) is 20.8 Å². The quantitative estimate of drug-likeness (QED) is 0.462. The topological polar surface area (TPSA) is 72.7 Å². The van der Waals surface area contributed by atoms with E-state index in [4.69, 9.17) is 4.74 Å². The normalized spacial score (nSPS) is 11.0. The molecule has 4 aromatic rings. The summed E-state index contributed by atoms with van der Waals surface area (Å²) in [5.74, 6) is -0.848. The zero-order valence-electron chi connectivity index (χ0n) is 16.4. The summed E-state index contributed by atoms with van der Waals surface area (Å²) in [6, 6.07) is 6.07. The van der Waals surface area contributed by atoms with Crippen LogP contribution in [0, 0.1) is 20.8 Å².